The summed E-state index contributed by atoms with van der Waals surface area (Å²) in [5.74, 6) is -1.96. The average Bonchev–Trinajstić information content (AvgIpc) is 2.63. The summed E-state index contributed by atoms with van der Waals surface area (Å²) in [6, 6.07) is 11.2. The minimum atomic E-state index is -0.688. The van der Waals surface area contributed by atoms with Crippen molar-refractivity contribution in [3.8, 4) is 23.0 Å². The highest BCUT2D eigenvalue weighted by Crippen LogP contribution is 2.35. The quantitative estimate of drug-likeness (QED) is 0.354. The van der Waals surface area contributed by atoms with Crippen LogP contribution in [0.15, 0.2) is 42.5 Å². The number of phenols is 3. The number of carbonyl (C=O) groups excluding carboxylic acids is 2. The van der Waals surface area contributed by atoms with Gasteiger partial charge >= 0.3 is 0 Å². The van der Waals surface area contributed by atoms with E-state index in [0.717, 1.165) is 12.1 Å². The first-order valence-electron chi connectivity index (χ1n) is 7.95. The molecule has 0 fully saturated rings. The Labute approximate surface area is 150 Å². The maximum absolute atomic E-state index is 11.9. The fraction of sp³-hybridized carbons (Fsp3) is 0.222. The Morgan fingerprint density at radius 2 is 1.54 bits per heavy atom. The van der Waals surface area contributed by atoms with E-state index >= 15 is 0 Å². The van der Waals surface area contributed by atoms with E-state index in [4.69, 9.17) is 4.74 Å². The first-order chi connectivity index (χ1) is 12.5. The molecule has 0 aliphatic rings. The second-order valence-electron chi connectivity index (χ2n) is 5.38. The van der Waals surface area contributed by atoms with Gasteiger partial charge in [-0.05, 0) is 24.3 Å². The molecule has 0 saturated heterocycles. The summed E-state index contributed by atoms with van der Waals surface area (Å²) in [7, 11) is 0. The van der Waals surface area contributed by atoms with Gasteiger partial charge in [-0.3, -0.25) is 9.59 Å². The largest absolute Gasteiger partial charge is 0.504 e. The van der Waals surface area contributed by atoms with Crippen LogP contribution in [0.4, 0.5) is 0 Å². The van der Waals surface area contributed by atoms with Crippen LogP contribution in [0.1, 0.15) is 16.8 Å². The van der Waals surface area contributed by atoms with Gasteiger partial charge in [0.1, 0.15) is 5.75 Å². The van der Waals surface area contributed by atoms with Crippen molar-refractivity contribution >= 4 is 11.8 Å². The second kappa shape index (κ2) is 9.16. The minimum Gasteiger partial charge on any atom is -0.504 e. The SMILES string of the molecule is O=C(CCOc1ccccc1)NCCNC(=O)c1cc(O)c(O)c(O)c1. The van der Waals surface area contributed by atoms with Gasteiger partial charge in [0.2, 0.25) is 5.91 Å². The highest BCUT2D eigenvalue weighted by Gasteiger charge is 2.13. The van der Waals surface area contributed by atoms with E-state index in [1.165, 1.54) is 0 Å². The molecule has 2 amide bonds. The highest BCUT2D eigenvalue weighted by atomic mass is 16.5. The third kappa shape index (κ3) is 5.59. The summed E-state index contributed by atoms with van der Waals surface area (Å²) in [6.45, 7) is 0.618. The maximum Gasteiger partial charge on any atom is 0.251 e. The fourth-order valence-electron chi connectivity index (χ4n) is 2.08. The van der Waals surface area contributed by atoms with Gasteiger partial charge in [-0.25, -0.2) is 0 Å². The van der Waals surface area contributed by atoms with Crippen molar-refractivity contribution in [1.82, 2.24) is 10.6 Å². The Kier molecular flexibility index (Phi) is 6.67. The molecule has 8 nitrogen and oxygen atoms in total. The van der Waals surface area contributed by atoms with Crippen molar-refractivity contribution in [2.45, 2.75) is 6.42 Å². The van der Waals surface area contributed by atoms with Gasteiger partial charge in [0, 0.05) is 18.7 Å². The van der Waals surface area contributed by atoms with Crippen molar-refractivity contribution in [2.75, 3.05) is 19.7 Å². The van der Waals surface area contributed by atoms with Gasteiger partial charge < -0.3 is 30.7 Å². The van der Waals surface area contributed by atoms with Crippen LogP contribution in [0.2, 0.25) is 0 Å². The molecule has 0 aliphatic heterocycles. The summed E-state index contributed by atoms with van der Waals surface area (Å²) >= 11 is 0. The van der Waals surface area contributed by atoms with E-state index in [9.17, 15) is 24.9 Å². The summed E-state index contributed by atoms with van der Waals surface area (Å²) in [6.07, 6.45) is 0.183. The number of aromatic hydroxyl groups is 3. The number of para-hydroxylation sites is 1. The summed E-state index contributed by atoms with van der Waals surface area (Å²) in [4.78, 5) is 23.6. The molecule has 2 aromatic rings. The van der Waals surface area contributed by atoms with E-state index in [1.54, 1.807) is 12.1 Å². The lowest BCUT2D eigenvalue weighted by atomic mass is 10.1. The first kappa shape index (κ1) is 18.9. The molecule has 5 N–H and O–H groups in total. The molecule has 0 bridgehead atoms. The van der Waals surface area contributed by atoms with Gasteiger partial charge in [-0.15, -0.1) is 0 Å². The van der Waals surface area contributed by atoms with Crippen molar-refractivity contribution in [3.63, 3.8) is 0 Å². The predicted molar refractivity (Wildman–Crippen MR) is 93.3 cm³/mol. The molecule has 8 heteroatoms. The summed E-state index contributed by atoms with van der Waals surface area (Å²) in [5, 5.41) is 33.2. The Balaban J connectivity index is 1.65. The van der Waals surface area contributed by atoms with Crippen molar-refractivity contribution in [1.29, 1.82) is 0 Å². The zero-order chi connectivity index (χ0) is 18.9. The highest BCUT2D eigenvalue weighted by molar-refractivity contribution is 5.95. The lowest BCUT2D eigenvalue weighted by molar-refractivity contribution is -0.121. The summed E-state index contributed by atoms with van der Waals surface area (Å²) in [5.41, 5.74) is -0.0135. The molecule has 0 spiro atoms. The van der Waals surface area contributed by atoms with E-state index in [1.807, 2.05) is 18.2 Å². The van der Waals surface area contributed by atoms with Crippen molar-refractivity contribution < 1.29 is 29.6 Å². The maximum atomic E-state index is 11.9. The number of benzene rings is 2. The van der Waals surface area contributed by atoms with Crippen LogP contribution >= 0.6 is 0 Å². The van der Waals surface area contributed by atoms with Crippen LogP contribution in [0.25, 0.3) is 0 Å². The topological polar surface area (TPSA) is 128 Å². The third-order valence-corrected chi connectivity index (χ3v) is 3.41. The van der Waals surface area contributed by atoms with Crippen LogP contribution in [-0.2, 0) is 4.79 Å². The molecule has 0 atom stereocenters. The zero-order valence-corrected chi connectivity index (χ0v) is 13.9. The number of amides is 2. The number of rotatable bonds is 8. The Morgan fingerprint density at radius 3 is 2.19 bits per heavy atom. The molecule has 0 aromatic heterocycles. The van der Waals surface area contributed by atoms with Gasteiger partial charge in [0.05, 0.1) is 13.0 Å². The Morgan fingerprint density at radius 1 is 0.923 bits per heavy atom. The lowest BCUT2D eigenvalue weighted by Crippen LogP contribution is -2.35. The van der Waals surface area contributed by atoms with E-state index in [2.05, 4.69) is 10.6 Å². The normalized spacial score (nSPS) is 10.2. The Bertz CT molecular complexity index is 741. The van der Waals surface area contributed by atoms with Crippen molar-refractivity contribution in [3.05, 3.63) is 48.0 Å². The second-order valence-corrected chi connectivity index (χ2v) is 5.38. The van der Waals surface area contributed by atoms with Crippen LogP contribution in [0, 0.1) is 0 Å². The predicted octanol–water partition coefficient (Wildman–Crippen LogP) is 1.12. The van der Waals surface area contributed by atoms with Gasteiger partial charge in [-0.1, -0.05) is 18.2 Å². The number of hydrogen-bond acceptors (Lipinski definition) is 6. The van der Waals surface area contributed by atoms with Crippen LogP contribution < -0.4 is 15.4 Å². The molecule has 0 heterocycles. The molecule has 0 radical (unpaired) electrons. The number of carbonyl (C=O) groups is 2. The molecule has 2 rings (SSSR count). The van der Waals surface area contributed by atoms with Crippen LogP contribution in [-0.4, -0.2) is 46.8 Å². The monoisotopic (exact) mass is 360 g/mol. The smallest absolute Gasteiger partial charge is 0.251 e. The van der Waals surface area contributed by atoms with Gasteiger partial charge in [0.25, 0.3) is 5.91 Å². The molecule has 0 saturated carbocycles. The minimum absolute atomic E-state index is 0.0135. The number of hydrogen-bond donors (Lipinski definition) is 5. The summed E-state index contributed by atoms with van der Waals surface area (Å²) < 4.78 is 5.41. The first-order valence-corrected chi connectivity index (χ1v) is 7.95. The van der Waals surface area contributed by atoms with Crippen LogP contribution in [0.3, 0.4) is 0 Å². The zero-order valence-electron chi connectivity index (χ0n) is 13.9. The standard InChI is InChI=1S/C18H20N2O6/c21-14-10-12(11-15(22)17(14)24)18(25)20-8-7-19-16(23)6-9-26-13-4-2-1-3-5-13/h1-5,10-11,21-22,24H,6-9H2,(H,19,23)(H,20,25). The number of nitrogens with one attached hydrogen (secondary N) is 2. The van der Waals surface area contributed by atoms with E-state index in [0.29, 0.717) is 5.75 Å². The molecule has 26 heavy (non-hydrogen) atoms. The molecule has 2 aromatic carbocycles. The third-order valence-electron chi connectivity index (χ3n) is 3.41. The van der Waals surface area contributed by atoms with Gasteiger partial charge in [0.15, 0.2) is 17.2 Å². The van der Waals surface area contributed by atoms with E-state index < -0.39 is 23.2 Å². The molecule has 0 unspecified atom stereocenters. The number of ether oxygens (including phenoxy) is 1. The average molecular weight is 360 g/mol. The molecular formula is C18H20N2O6. The Hall–Kier alpha value is -3.42. The van der Waals surface area contributed by atoms with Crippen molar-refractivity contribution in [2.24, 2.45) is 0 Å². The van der Waals surface area contributed by atoms with Crippen LogP contribution in [0.5, 0.6) is 23.0 Å². The lowest BCUT2D eigenvalue weighted by Gasteiger charge is -2.09. The fourth-order valence-corrected chi connectivity index (χ4v) is 2.08. The molecule has 138 valence electrons. The van der Waals surface area contributed by atoms with Gasteiger partial charge in [-0.2, -0.15) is 0 Å². The molecule has 0 aliphatic carbocycles. The van der Waals surface area contributed by atoms with E-state index in [-0.39, 0.29) is 37.6 Å². The molecular weight excluding hydrogens is 340 g/mol. The number of phenolic OH excluding ortho intramolecular Hbond substituents is 3.